The standard InChI is InChI=1S/C11H12I3NO4/c12-6-5-7(13)10(18)9(14)8(6)11(19)15(1-3-16)2-4-17/h5,16-18H,1-4H2. The van der Waals surface area contributed by atoms with Gasteiger partial charge in [0.05, 0.1) is 25.9 Å². The highest BCUT2D eigenvalue weighted by atomic mass is 127. The summed E-state index contributed by atoms with van der Waals surface area (Å²) in [6, 6.07) is 1.72. The molecule has 0 fully saturated rings. The molecule has 0 bridgehead atoms. The van der Waals surface area contributed by atoms with Crippen LogP contribution >= 0.6 is 67.8 Å². The fourth-order valence-electron chi connectivity index (χ4n) is 1.49. The molecule has 0 heterocycles. The highest BCUT2D eigenvalue weighted by Gasteiger charge is 2.23. The van der Waals surface area contributed by atoms with Crippen molar-refractivity contribution < 1.29 is 20.1 Å². The third kappa shape index (κ3) is 4.28. The number of phenolic OH excluding ortho intramolecular Hbond substituents is 1. The number of carbonyl (C=O) groups is 1. The number of carbonyl (C=O) groups excluding carboxylic acids is 1. The van der Waals surface area contributed by atoms with Gasteiger partial charge in [-0.2, -0.15) is 0 Å². The fraction of sp³-hybridized carbons (Fsp3) is 0.364. The average Bonchev–Trinajstić information content (AvgIpc) is 2.35. The van der Waals surface area contributed by atoms with Gasteiger partial charge in [0.15, 0.2) is 0 Å². The minimum Gasteiger partial charge on any atom is -0.506 e. The predicted molar refractivity (Wildman–Crippen MR) is 96.3 cm³/mol. The first-order valence-electron chi connectivity index (χ1n) is 5.31. The molecule has 0 saturated heterocycles. The minimum absolute atomic E-state index is 0.0814. The van der Waals surface area contributed by atoms with Crippen molar-refractivity contribution in [2.45, 2.75) is 0 Å². The molecule has 1 aromatic rings. The van der Waals surface area contributed by atoms with E-state index in [9.17, 15) is 9.90 Å². The van der Waals surface area contributed by atoms with Crippen LogP contribution in [-0.2, 0) is 0 Å². The molecule has 8 heteroatoms. The summed E-state index contributed by atoms with van der Waals surface area (Å²) in [7, 11) is 0. The van der Waals surface area contributed by atoms with Crippen LogP contribution in [0, 0.1) is 10.7 Å². The van der Waals surface area contributed by atoms with Gasteiger partial charge >= 0.3 is 0 Å². The van der Waals surface area contributed by atoms with E-state index in [0.29, 0.717) is 12.7 Å². The maximum Gasteiger partial charge on any atom is 0.256 e. The van der Waals surface area contributed by atoms with Gasteiger partial charge < -0.3 is 20.2 Å². The monoisotopic (exact) mass is 603 g/mol. The van der Waals surface area contributed by atoms with Gasteiger partial charge in [-0.1, -0.05) is 0 Å². The Morgan fingerprint density at radius 3 is 2.11 bits per heavy atom. The molecular formula is C11H12I3NO4. The van der Waals surface area contributed by atoms with E-state index in [1.165, 1.54) is 4.90 Å². The van der Waals surface area contributed by atoms with Crippen molar-refractivity contribution >= 4 is 73.7 Å². The molecule has 19 heavy (non-hydrogen) atoms. The van der Waals surface area contributed by atoms with Crippen molar-refractivity contribution in [3.8, 4) is 5.75 Å². The van der Waals surface area contributed by atoms with Crippen molar-refractivity contribution in [1.82, 2.24) is 4.90 Å². The Balaban J connectivity index is 3.21. The Kier molecular flexibility index (Phi) is 7.56. The Labute approximate surface area is 151 Å². The van der Waals surface area contributed by atoms with E-state index in [1.807, 2.05) is 67.8 Å². The van der Waals surface area contributed by atoms with Crippen molar-refractivity contribution in [1.29, 1.82) is 0 Å². The molecule has 0 atom stereocenters. The van der Waals surface area contributed by atoms with Gasteiger partial charge in [-0.3, -0.25) is 4.79 Å². The van der Waals surface area contributed by atoms with E-state index in [-0.39, 0.29) is 38.0 Å². The first kappa shape index (κ1) is 17.7. The Bertz CT molecular complexity index is 475. The van der Waals surface area contributed by atoms with Gasteiger partial charge in [0, 0.05) is 16.7 Å². The number of halogens is 3. The summed E-state index contributed by atoms with van der Waals surface area (Å²) in [5.41, 5.74) is 0.404. The van der Waals surface area contributed by atoms with Crippen molar-refractivity contribution in [2.75, 3.05) is 26.3 Å². The average molecular weight is 603 g/mol. The normalized spacial score (nSPS) is 10.6. The van der Waals surface area contributed by atoms with Crippen molar-refractivity contribution in [3.05, 3.63) is 22.3 Å². The zero-order valence-electron chi connectivity index (χ0n) is 9.74. The van der Waals surface area contributed by atoms with E-state index in [2.05, 4.69) is 0 Å². The number of phenols is 1. The molecule has 0 unspecified atom stereocenters. The molecule has 0 aliphatic carbocycles. The predicted octanol–water partition coefficient (Wildman–Crippen LogP) is 1.63. The van der Waals surface area contributed by atoms with Gasteiger partial charge in [0.2, 0.25) is 0 Å². The summed E-state index contributed by atoms with van der Waals surface area (Å²) in [4.78, 5) is 13.8. The number of benzene rings is 1. The fourth-order valence-corrected chi connectivity index (χ4v) is 5.32. The van der Waals surface area contributed by atoms with Gasteiger partial charge in [0.25, 0.3) is 5.91 Å². The summed E-state index contributed by atoms with van der Waals surface area (Å²) in [5.74, 6) is -0.221. The van der Waals surface area contributed by atoms with Gasteiger partial charge in [-0.15, -0.1) is 0 Å². The lowest BCUT2D eigenvalue weighted by Gasteiger charge is -2.22. The Morgan fingerprint density at radius 1 is 1.11 bits per heavy atom. The van der Waals surface area contributed by atoms with E-state index >= 15 is 0 Å². The third-order valence-electron chi connectivity index (χ3n) is 2.39. The van der Waals surface area contributed by atoms with E-state index < -0.39 is 0 Å². The molecule has 0 aromatic heterocycles. The van der Waals surface area contributed by atoms with E-state index in [1.54, 1.807) is 6.07 Å². The molecule has 0 saturated carbocycles. The molecule has 1 amide bonds. The molecular weight excluding hydrogens is 591 g/mol. The summed E-state index contributed by atoms with van der Waals surface area (Å²) in [5, 5.41) is 27.8. The lowest BCUT2D eigenvalue weighted by Crippen LogP contribution is -2.36. The third-order valence-corrected chi connectivity index (χ3v) is 5.11. The zero-order chi connectivity index (χ0) is 14.6. The highest BCUT2D eigenvalue weighted by Crippen LogP contribution is 2.33. The second kappa shape index (κ2) is 8.14. The molecule has 5 nitrogen and oxygen atoms in total. The van der Waals surface area contributed by atoms with Crippen LogP contribution in [0.1, 0.15) is 10.4 Å². The number of aliphatic hydroxyl groups excluding tert-OH is 2. The maximum atomic E-state index is 12.4. The highest BCUT2D eigenvalue weighted by molar-refractivity contribution is 14.1. The lowest BCUT2D eigenvalue weighted by atomic mass is 10.2. The Hall–Kier alpha value is 0.600. The van der Waals surface area contributed by atoms with Crippen LogP contribution in [0.15, 0.2) is 6.07 Å². The summed E-state index contributed by atoms with van der Waals surface area (Å²) >= 11 is 5.97. The van der Waals surface area contributed by atoms with Crippen molar-refractivity contribution in [3.63, 3.8) is 0 Å². The topological polar surface area (TPSA) is 81.0 Å². The molecule has 0 aliphatic rings. The minimum atomic E-state index is -0.302. The molecule has 106 valence electrons. The van der Waals surface area contributed by atoms with Crippen LogP contribution in [0.5, 0.6) is 5.75 Å². The molecule has 1 aromatic carbocycles. The summed E-state index contributed by atoms with van der Waals surface area (Å²) in [6.45, 7) is -0.0406. The number of nitrogens with zero attached hydrogens (tertiary/aromatic N) is 1. The van der Waals surface area contributed by atoms with E-state index in [4.69, 9.17) is 10.2 Å². The maximum absolute atomic E-state index is 12.4. The van der Waals surface area contributed by atoms with Crippen LogP contribution in [-0.4, -0.2) is 52.4 Å². The van der Waals surface area contributed by atoms with Crippen LogP contribution in [0.4, 0.5) is 0 Å². The second-order valence-corrected chi connectivity index (χ2v) is 7.02. The summed E-state index contributed by atoms with van der Waals surface area (Å²) < 4.78 is 1.90. The van der Waals surface area contributed by atoms with Crippen LogP contribution in [0.25, 0.3) is 0 Å². The van der Waals surface area contributed by atoms with Crippen LogP contribution < -0.4 is 0 Å². The molecule has 0 spiro atoms. The largest absolute Gasteiger partial charge is 0.506 e. The SMILES string of the molecule is O=C(c1c(I)cc(I)c(O)c1I)N(CCO)CCO. The van der Waals surface area contributed by atoms with E-state index in [0.717, 1.165) is 3.57 Å². The number of rotatable bonds is 5. The number of hydrogen-bond donors (Lipinski definition) is 3. The first-order chi connectivity index (χ1) is 8.93. The quantitative estimate of drug-likeness (QED) is 0.448. The summed E-state index contributed by atoms with van der Waals surface area (Å²) in [6.07, 6.45) is 0. The molecule has 3 N–H and O–H groups in total. The lowest BCUT2D eigenvalue weighted by molar-refractivity contribution is 0.0682. The second-order valence-electron chi connectivity index (χ2n) is 3.62. The van der Waals surface area contributed by atoms with Gasteiger partial charge in [-0.25, -0.2) is 0 Å². The Morgan fingerprint density at radius 2 is 1.63 bits per heavy atom. The number of hydrogen-bond acceptors (Lipinski definition) is 4. The first-order valence-corrected chi connectivity index (χ1v) is 8.55. The molecule has 0 radical (unpaired) electrons. The van der Waals surface area contributed by atoms with Crippen LogP contribution in [0.3, 0.4) is 0 Å². The van der Waals surface area contributed by atoms with Crippen molar-refractivity contribution in [2.24, 2.45) is 0 Å². The van der Waals surface area contributed by atoms with Gasteiger partial charge in [0.1, 0.15) is 5.75 Å². The van der Waals surface area contributed by atoms with Gasteiger partial charge in [-0.05, 0) is 73.8 Å². The number of aliphatic hydroxyl groups is 2. The molecule has 0 aliphatic heterocycles. The number of amides is 1. The molecule has 1 rings (SSSR count). The number of aromatic hydroxyl groups is 1. The smallest absolute Gasteiger partial charge is 0.256 e. The zero-order valence-corrected chi connectivity index (χ0v) is 16.2. The van der Waals surface area contributed by atoms with Crippen LogP contribution in [0.2, 0.25) is 0 Å².